The summed E-state index contributed by atoms with van der Waals surface area (Å²) in [6, 6.07) is 20.0. The van der Waals surface area contributed by atoms with E-state index < -0.39 is 5.91 Å². The first kappa shape index (κ1) is 28.3. The second-order valence-corrected chi connectivity index (χ2v) is 9.33. The molecule has 0 fully saturated rings. The summed E-state index contributed by atoms with van der Waals surface area (Å²) in [5.41, 5.74) is 2.43. The van der Waals surface area contributed by atoms with Gasteiger partial charge in [-0.1, -0.05) is 6.07 Å². The lowest BCUT2D eigenvalue weighted by Crippen LogP contribution is -2.41. The SMILES string of the molecule is COc1ccc(-c2cn(-c3ccc(F)cc3)c(NC(=O)CN(CCN(C)C)C(=O)c3cccc(OC)c3)n2)cc1. The van der Waals surface area contributed by atoms with E-state index in [1.54, 1.807) is 54.3 Å². The van der Waals surface area contributed by atoms with E-state index in [-0.39, 0.29) is 24.2 Å². The first-order chi connectivity index (χ1) is 19.3. The van der Waals surface area contributed by atoms with E-state index in [0.717, 1.165) is 5.56 Å². The molecule has 3 aromatic carbocycles. The number of nitrogens with one attached hydrogen (secondary N) is 1. The van der Waals surface area contributed by atoms with Crippen LogP contribution >= 0.6 is 0 Å². The van der Waals surface area contributed by atoms with Crippen LogP contribution in [0.1, 0.15) is 10.4 Å². The third kappa shape index (κ3) is 7.03. The molecule has 0 unspecified atom stereocenters. The fourth-order valence-electron chi connectivity index (χ4n) is 4.02. The van der Waals surface area contributed by atoms with Gasteiger partial charge >= 0.3 is 0 Å². The second kappa shape index (κ2) is 12.9. The highest BCUT2D eigenvalue weighted by Gasteiger charge is 2.21. The molecule has 0 aliphatic rings. The number of hydrogen-bond acceptors (Lipinski definition) is 6. The Bertz CT molecular complexity index is 1450. The van der Waals surface area contributed by atoms with Crippen LogP contribution in [-0.4, -0.2) is 79.1 Å². The quantitative estimate of drug-likeness (QED) is 0.302. The number of aromatic nitrogens is 2. The molecule has 40 heavy (non-hydrogen) atoms. The number of anilines is 1. The summed E-state index contributed by atoms with van der Waals surface area (Å²) in [5, 5.41) is 2.85. The van der Waals surface area contributed by atoms with Gasteiger partial charge < -0.3 is 19.3 Å². The molecule has 1 heterocycles. The number of ether oxygens (including phenoxy) is 2. The number of carbonyl (C=O) groups excluding carboxylic acids is 2. The fourth-order valence-corrected chi connectivity index (χ4v) is 4.02. The minimum atomic E-state index is -0.426. The van der Waals surface area contributed by atoms with Crippen molar-refractivity contribution < 1.29 is 23.5 Å². The van der Waals surface area contributed by atoms with Gasteiger partial charge in [-0.25, -0.2) is 9.37 Å². The Kier molecular flexibility index (Phi) is 9.13. The third-order valence-electron chi connectivity index (χ3n) is 6.20. The maximum absolute atomic E-state index is 13.6. The molecule has 1 aromatic heterocycles. The van der Waals surface area contributed by atoms with E-state index in [4.69, 9.17) is 9.47 Å². The molecule has 2 amide bonds. The molecule has 0 bridgehead atoms. The molecule has 4 aromatic rings. The summed E-state index contributed by atoms with van der Waals surface area (Å²) < 4.78 is 25.8. The number of methoxy groups -OCH3 is 2. The predicted octanol–water partition coefficient (Wildman–Crippen LogP) is 4.34. The van der Waals surface area contributed by atoms with Crippen LogP contribution in [0.4, 0.5) is 10.3 Å². The molecule has 0 saturated heterocycles. The first-order valence-electron chi connectivity index (χ1n) is 12.6. The Morgan fingerprint density at radius 2 is 1.62 bits per heavy atom. The summed E-state index contributed by atoms with van der Waals surface area (Å²) in [7, 11) is 6.92. The largest absolute Gasteiger partial charge is 0.497 e. The maximum Gasteiger partial charge on any atom is 0.254 e. The van der Waals surface area contributed by atoms with E-state index >= 15 is 0 Å². The number of amides is 2. The lowest BCUT2D eigenvalue weighted by Gasteiger charge is -2.24. The smallest absolute Gasteiger partial charge is 0.254 e. The first-order valence-corrected chi connectivity index (χ1v) is 12.6. The molecule has 10 heteroatoms. The van der Waals surface area contributed by atoms with Crippen LogP contribution in [0.25, 0.3) is 16.9 Å². The number of carbonyl (C=O) groups is 2. The number of hydrogen-bond donors (Lipinski definition) is 1. The standard InChI is InChI=1S/C30H32FN5O4/c1-34(2)16-17-35(29(38)22-6-5-7-26(18-22)40-4)20-28(37)33-30-32-27(21-8-14-25(39-3)15-9-21)19-36(30)24-12-10-23(31)11-13-24/h5-15,18-19H,16-17,20H2,1-4H3,(H,32,33,37). The summed E-state index contributed by atoms with van der Waals surface area (Å²) >= 11 is 0. The van der Waals surface area contributed by atoms with Gasteiger partial charge in [-0.05, 0) is 80.8 Å². The fraction of sp³-hybridized carbons (Fsp3) is 0.233. The number of benzene rings is 3. The van der Waals surface area contributed by atoms with Crippen molar-refractivity contribution in [2.45, 2.75) is 0 Å². The van der Waals surface area contributed by atoms with E-state index in [1.807, 2.05) is 43.3 Å². The van der Waals surface area contributed by atoms with Crippen LogP contribution in [0.15, 0.2) is 79.0 Å². The Labute approximate surface area is 232 Å². The van der Waals surface area contributed by atoms with Crippen LogP contribution in [0, 0.1) is 5.82 Å². The molecular weight excluding hydrogens is 513 g/mol. The Balaban J connectivity index is 1.61. The zero-order chi connectivity index (χ0) is 28.6. The van der Waals surface area contributed by atoms with Crippen LogP contribution in [-0.2, 0) is 4.79 Å². The Morgan fingerprint density at radius 3 is 2.27 bits per heavy atom. The zero-order valence-electron chi connectivity index (χ0n) is 22.9. The zero-order valence-corrected chi connectivity index (χ0v) is 22.9. The number of imidazole rings is 1. The van der Waals surface area contributed by atoms with Crippen molar-refractivity contribution in [3.8, 4) is 28.4 Å². The molecule has 0 radical (unpaired) electrons. The summed E-state index contributed by atoms with van der Waals surface area (Å²) in [5.74, 6) is 0.396. The van der Waals surface area contributed by atoms with Gasteiger partial charge in [-0.2, -0.15) is 0 Å². The van der Waals surface area contributed by atoms with Gasteiger partial charge in [0.2, 0.25) is 11.9 Å². The molecule has 0 atom stereocenters. The Morgan fingerprint density at radius 1 is 0.925 bits per heavy atom. The van der Waals surface area contributed by atoms with Gasteiger partial charge in [0.05, 0.1) is 19.9 Å². The van der Waals surface area contributed by atoms with Gasteiger partial charge in [-0.15, -0.1) is 0 Å². The topological polar surface area (TPSA) is 88.9 Å². The number of nitrogens with zero attached hydrogens (tertiary/aromatic N) is 4. The molecule has 208 valence electrons. The Hall–Kier alpha value is -4.70. The van der Waals surface area contributed by atoms with Crippen LogP contribution in [0.5, 0.6) is 11.5 Å². The van der Waals surface area contributed by atoms with Gasteiger partial charge in [0, 0.05) is 36.1 Å². The van der Waals surface area contributed by atoms with E-state index in [0.29, 0.717) is 41.5 Å². The van der Waals surface area contributed by atoms with Gasteiger partial charge in [0.15, 0.2) is 0 Å². The van der Waals surface area contributed by atoms with Crippen molar-refractivity contribution in [3.63, 3.8) is 0 Å². The minimum Gasteiger partial charge on any atom is -0.497 e. The van der Waals surface area contributed by atoms with Crippen LogP contribution in [0.2, 0.25) is 0 Å². The van der Waals surface area contributed by atoms with Crippen molar-refractivity contribution in [2.24, 2.45) is 0 Å². The number of likely N-dealkylation sites (N-methyl/N-ethyl adjacent to an activating group) is 1. The van der Waals surface area contributed by atoms with Gasteiger partial charge in [-0.3, -0.25) is 19.5 Å². The van der Waals surface area contributed by atoms with E-state index in [9.17, 15) is 14.0 Å². The monoisotopic (exact) mass is 545 g/mol. The summed E-state index contributed by atoms with van der Waals surface area (Å²) in [6.07, 6.45) is 1.76. The number of halogens is 1. The average molecular weight is 546 g/mol. The normalized spacial score (nSPS) is 10.8. The van der Waals surface area contributed by atoms with Crippen molar-refractivity contribution in [1.29, 1.82) is 0 Å². The molecule has 1 N–H and O–H groups in total. The lowest BCUT2D eigenvalue weighted by atomic mass is 10.1. The second-order valence-electron chi connectivity index (χ2n) is 9.33. The van der Waals surface area contributed by atoms with Crippen LogP contribution < -0.4 is 14.8 Å². The van der Waals surface area contributed by atoms with Crippen molar-refractivity contribution in [1.82, 2.24) is 19.4 Å². The van der Waals surface area contributed by atoms with Gasteiger partial charge in [0.25, 0.3) is 5.91 Å². The van der Waals surface area contributed by atoms with Gasteiger partial charge in [0.1, 0.15) is 23.9 Å². The highest BCUT2D eigenvalue weighted by atomic mass is 19.1. The predicted molar refractivity (Wildman–Crippen MR) is 152 cm³/mol. The lowest BCUT2D eigenvalue weighted by molar-refractivity contribution is -0.117. The van der Waals surface area contributed by atoms with Crippen molar-refractivity contribution in [2.75, 3.05) is 53.3 Å². The number of rotatable bonds is 11. The summed E-state index contributed by atoms with van der Waals surface area (Å²) in [6.45, 7) is 0.701. The molecule has 0 aliphatic carbocycles. The highest BCUT2D eigenvalue weighted by molar-refractivity contribution is 5.99. The van der Waals surface area contributed by atoms with E-state index in [2.05, 4.69) is 10.3 Å². The van der Waals surface area contributed by atoms with Crippen LogP contribution in [0.3, 0.4) is 0 Å². The minimum absolute atomic E-state index is 0.196. The summed E-state index contributed by atoms with van der Waals surface area (Å²) in [4.78, 5) is 34.8. The third-order valence-corrected chi connectivity index (χ3v) is 6.20. The maximum atomic E-state index is 13.6. The van der Waals surface area contributed by atoms with E-state index in [1.165, 1.54) is 24.1 Å². The molecular formula is C30H32FN5O4. The molecule has 4 rings (SSSR count). The highest BCUT2D eigenvalue weighted by Crippen LogP contribution is 2.26. The van der Waals surface area contributed by atoms with Crippen molar-refractivity contribution >= 4 is 17.8 Å². The average Bonchev–Trinajstić information content (AvgIpc) is 3.38. The molecule has 0 saturated carbocycles. The van der Waals surface area contributed by atoms with Crippen molar-refractivity contribution in [3.05, 3.63) is 90.4 Å². The molecule has 0 aliphatic heterocycles. The molecule has 0 spiro atoms. The molecule has 9 nitrogen and oxygen atoms in total.